The number of aryl methyl sites for hydroxylation is 3. The van der Waals surface area contributed by atoms with Gasteiger partial charge in [-0.3, -0.25) is 14.0 Å². The van der Waals surface area contributed by atoms with E-state index in [0.29, 0.717) is 11.7 Å². The van der Waals surface area contributed by atoms with Crippen molar-refractivity contribution >= 4 is 28.7 Å². The molecule has 0 aliphatic heterocycles. The Morgan fingerprint density at radius 3 is 2.50 bits per heavy atom. The van der Waals surface area contributed by atoms with Crippen LogP contribution in [0.15, 0.2) is 18.6 Å². The van der Waals surface area contributed by atoms with Crippen molar-refractivity contribution in [3.63, 3.8) is 0 Å². The van der Waals surface area contributed by atoms with E-state index >= 15 is 0 Å². The number of nitrogens with one attached hydrogen (secondary N) is 2. The first-order valence-electron chi connectivity index (χ1n) is 8.51. The van der Waals surface area contributed by atoms with E-state index in [4.69, 9.17) is 12.2 Å². The molecule has 0 aromatic carbocycles. The van der Waals surface area contributed by atoms with Gasteiger partial charge >= 0.3 is 0 Å². The summed E-state index contributed by atoms with van der Waals surface area (Å²) in [6, 6.07) is 0. The number of nitrogens with zero attached hydrogens (tertiary/aromatic N) is 6. The average molecular weight is 373 g/mol. The Morgan fingerprint density at radius 1 is 1.12 bits per heavy atom. The largest absolute Gasteiger partial charge is 0.330 e. The number of thiocarbonyl (C=S) groups is 1. The van der Waals surface area contributed by atoms with E-state index < -0.39 is 0 Å². The van der Waals surface area contributed by atoms with Gasteiger partial charge in [-0.25, -0.2) is 0 Å². The zero-order chi connectivity index (χ0) is 18.8. The number of anilines is 2. The first-order valence-corrected chi connectivity index (χ1v) is 8.91. The van der Waals surface area contributed by atoms with Gasteiger partial charge in [0.15, 0.2) is 5.11 Å². The molecule has 0 spiro atoms. The van der Waals surface area contributed by atoms with Crippen molar-refractivity contribution in [2.45, 2.75) is 40.8 Å². The smallest absolute Gasteiger partial charge is 0.175 e. The Bertz CT molecular complexity index is 933. The molecule has 3 rings (SSSR count). The van der Waals surface area contributed by atoms with E-state index in [1.165, 1.54) is 0 Å². The van der Waals surface area contributed by atoms with Gasteiger partial charge in [-0.2, -0.15) is 15.3 Å². The molecule has 0 fully saturated rings. The highest BCUT2D eigenvalue weighted by Gasteiger charge is 2.11. The van der Waals surface area contributed by atoms with Crippen molar-refractivity contribution in [1.82, 2.24) is 29.3 Å². The molecule has 0 saturated carbocycles. The SMILES string of the molecule is CCn1ncc(Cn2cc(NC(=S)Nc3c(C)nn(C)c3C)cn2)c1C. The average Bonchev–Trinajstić information content (AvgIpc) is 3.24. The lowest BCUT2D eigenvalue weighted by Crippen LogP contribution is -2.19. The van der Waals surface area contributed by atoms with Gasteiger partial charge in [-0.05, 0) is 39.9 Å². The summed E-state index contributed by atoms with van der Waals surface area (Å²) < 4.78 is 5.68. The molecule has 0 radical (unpaired) electrons. The Kier molecular flexibility index (Phi) is 5.08. The molecule has 0 aliphatic carbocycles. The Hall–Kier alpha value is -2.68. The highest BCUT2D eigenvalue weighted by molar-refractivity contribution is 7.80. The standard InChI is InChI=1S/C17H24N8S/c1-6-25-12(3)14(7-19-25)9-24-10-15(8-18-24)20-17(26)21-16-11(2)22-23(5)13(16)4/h7-8,10H,6,9H2,1-5H3,(H2,20,21,26). The molecule has 138 valence electrons. The van der Waals surface area contributed by atoms with Crippen LogP contribution >= 0.6 is 12.2 Å². The molecule has 0 bridgehead atoms. The van der Waals surface area contributed by atoms with Gasteiger partial charge in [0.2, 0.25) is 0 Å². The highest BCUT2D eigenvalue weighted by atomic mass is 32.1. The van der Waals surface area contributed by atoms with Crippen molar-refractivity contribution in [2.75, 3.05) is 10.6 Å². The van der Waals surface area contributed by atoms with E-state index in [-0.39, 0.29) is 0 Å². The van der Waals surface area contributed by atoms with E-state index in [9.17, 15) is 0 Å². The fourth-order valence-electron chi connectivity index (χ4n) is 2.88. The second kappa shape index (κ2) is 7.28. The second-order valence-electron chi connectivity index (χ2n) is 6.25. The van der Waals surface area contributed by atoms with Crippen LogP contribution in [0.5, 0.6) is 0 Å². The molecule has 26 heavy (non-hydrogen) atoms. The third-order valence-corrected chi connectivity index (χ3v) is 4.68. The van der Waals surface area contributed by atoms with Crippen LogP contribution in [0.25, 0.3) is 0 Å². The van der Waals surface area contributed by atoms with Crippen LogP contribution in [0.4, 0.5) is 11.4 Å². The number of hydrogen-bond acceptors (Lipinski definition) is 4. The van der Waals surface area contributed by atoms with Crippen molar-refractivity contribution in [3.05, 3.63) is 41.2 Å². The molecule has 9 heteroatoms. The van der Waals surface area contributed by atoms with Crippen LogP contribution < -0.4 is 10.6 Å². The van der Waals surface area contributed by atoms with Crippen molar-refractivity contribution < 1.29 is 0 Å². The minimum Gasteiger partial charge on any atom is -0.330 e. The summed E-state index contributed by atoms with van der Waals surface area (Å²) in [6.45, 7) is 9.65. The molecule has 0 unspecified atom stereocenters. The number of rotatable bonds is 5. The Balaban J connectivity index is 1.64. The van der Waals surface area contributed by atoms with Crippen LogP contribution in [0.2, 0.25) is 0 Å². The fraction of sp³-hybridized carbons (Fsp3) is 0.412. The van der Waals surface area contributed by atoms with Gasteiger partial charge in [0.1, 0.15) is 0 Å². The quantitative estimate of drug-likeness (QED) is 0.671. The first kappa shape index (κ1) is 18.1. The molecule has 8 nitrogen and oxygen atoms in total. The summed E-state index contributed by atoms with van der Waals surface area (Å²) in [6.07, 6.45) is 5.59. The Morgan fingerprint density at radius 2 is 1.88 bits per heavy atom. The molecule has 2 N–H and O–H groups in total. The molecule has 3 aromatic heterocycles. The summed E-state index contributed by atoms with van der Waals surface area (Å²) in [5, 5.41) is 20.1. The maximum Gasteiger partial charge on any atom is 0.175 e. The van der Waals surface area contributed by atoms with E-state index in [1.807, 2.05) is 47.3 Å². The molecule has 3 heterocycles. The predicted octanol–water partition coefficient (Wildman–Crippen LogP) is 2.62. The minimum atomic E-state index is 0.513. The lowest BCUT2D eigenvalue weighted by Gasteiger charge is -2.09. The number of aromatic nitrogens is 6. The van der Waals surface area contributed by atoms with Gasteiger partial charge in [-0.15, -0.1) is 0 Å². The van der Waals surface area contributed by atoms with E-state index in [2.05, 4.69) is 39.8 Å². The van der Waals surface area contributed by atoms with Gasteiger partial charge < -0.3 is 10.6 Å². The Labute approximate surface area is 158 Å². The molecule has 0 atom stereocenters. The molecule has 0 aliphatic rings. The molecule has 3 aromatic rings. The van der Waals surface area contributed by atoms with Crippen LogP contribution in [-0.2, 0) is 20.1 Å². The lowest BCUT2D eigenvalue weighted by atomic mass is 10.2. The third kappa shape index (κ3) is 3.62. The van der Waals surface area contributed by atoms with Crippen molar-refractivity contribution in [1.29, 1.82) is 0 Å². The van der Waals surface area contributed by atoms with Crippen LogP contribution in [0, 0.1) is 20.8 Å². The topological polar surface area (TPSA) is 77.5 Å². The molecule has 0 saturated heterocycles. The molecular weight excluding hydrogens is 348 g/mol. The molecular formula is C17H24N8S. The first-order chi connectivity index (χ1) is 12.4. The van der Waals surface area contributed by atoms with Crippen molar-refractivity contribution in [3.8, 4) is 0 Å². The van der Waals surface area contributed by atoms with Gasteiger partial charge in [-0.1, -0.05) is 0 Å². The predicted molar refractivity (Wildman–Crippen MR) is 106 cm³/mol. The maximum atomic E-state index is 5.42. The zero-order valence-corrected chi connectivity index (χ0v) is 16.6. The fourth-order valence-corrected chi connectivity index (χ4v) is 3.10. The van der Waals surface area contributed by atoms with Crippen LogP contribution in [-0.4, -0.2) is 34.5 Å². The minimum absolute atomic E-state index is 0.513. The lowest BCUT2D eigenvalue weighted by molar-refractivity contribution is 0.633. The molecule has 0 amide bonds. The number of hydrogen-bond donors (Lipinski definition) is 2. The van der Waals surface area contributed by atoms with Crippen LogP contribution in [0.1, 0.15) is 29.6 Å². The summed E-state index contributed by atoms with van der Waals surface area (Å²) in [7, 11) is 1.91. The monoisotopic (exact) mass is 372 g/mol. The summed E-state index contributed by atoms with van der Waals surface area (Å²) in [5.41, 5.74) is 6.03. The van der Waals surface area contributed by atoms with Gasteiger partial charge in [0, 0.05) is 31.0 Å². The summed E-state index contributed by atoms with van der Waals surface area (Å²) in [4.78, 5) is 0. The van der Waals surface area contributed by atoms with Crippen LogP contribution in [0.3, 0.4) is 0 Å². The second-order valence-corrected chi connectivity index (χ2v) is 6.65. The zero-order valence-electron chi connectivity index (χ0n) is 15.7. The van der Waals surface area contributed by atoms with Gasteiger partial charge in [0.25, 0.3) is 0 Å². The summed E-state index contributed by atoms with van der Waals surface area (Å²) in [5.74, 6) is 0. The highest BCUT2D eigenvalue weighted by Crippen LogP contribution is 2.19. The van der Waals surface area contributed by atoms with E-state index in [1.54, 1.807) is 6.20 Å². The van der Waals surface area contributed by atoms with Gasteiger partial charge in [0.05, 0.1) is 41.7 Å². The maximum absolute atomic E-state index is 5.42. The third-order valence-electron chi connectivity index (χ3n) is 4.48. The van der Waals surface area contributed by atoms with E-state index in [0.717, 1.165) is 40.6 Å². The summed E-state index contributed by atoms with van der Waals surface area (Å²) >= 11 is 5.42. The normalized spacial score (nSPS) is 11.0. The van der Waals surface area contributed by atoms with Crippen molar-refractivity contribution in [2.24, 2.45) is 7.05 Å².